The Balaban J connectivity index is 2.41. The molecule has 0 aliphatic carbocycles. The van der Waals surface area contributed by atoms with E-state index in [1.54, 1.807) is 0 Å². The molecule has 0 aliphatic heterocycles. The third-order valence-electron chi connectivity index (χ3n) is 5.62. The van der Waals surface area contributed by atoms with Crippen LogP contribution in [0.5, 0.6) is 0 Å². The molecular formula is C24H26O4. The standard InChI is InChI=1S/C24H26O4/c25-16-23(17-26,18-27)22(28)24(19-10-4-1-5-11-19,20-12-6-2-7-13-20)21-14-8-3-9-15-21/h1-15,22,25-28H,16-18H2. The fourth-order valence-electron chi connectivity index (χ4n) is 3.95. The lowest BCUT2D eigenvalue weighted by Gasteiger charge is -2.47. The van der Waals surface area contributed by atoms with Gasteiger partial charge in [0, 0.05) is 0 Å². The fourth-order valence-corrected chi connectivity index (χ4v) is 3.95. The molecule has 1 atom stereocenters. The van der Waals surface area contributed by atoms with Gasteiger partial charge in [-0.25, -0.2) is 0 Å². The molecule has 0 aromatic heterocycles. The zero-order chi connectivity index (χ0) is 20.0. The van der Waals surface area contributed by atoms with Crippen molar-refractivity contribution in [2.45, 2.75) is 11.5 Å². The second kappa shape index (κ2) is 8.67. The van der Waals surface area contributed by atoms with Gasteiger partial charge in [0.1, 0.15) is 0 Å². The number of hydrogen-bond acceptors (Lipinski definition) is 4. The molecule has 146 valence electrons. The molecule has 0 saturated heterocycles. The summed E-state index contributed by atoms with van der Waals surface area (Å²) in [7, 11) is 0. The number of aliphatic hydroxyl groups is 4. The maximum absolute atomic E-state index is 11.8. The highest BCUT2D eigenvalue weighted by Gasteiger charge is 2.52. The van der Waals surface area contributed by atoms with Crippen molar-refractivity contribution >= 4 is 0 Å². The van der Waals surface area contributed by atoms with E-state index in [9.17, 15) is 20.4 Å². The van der Waals surface area contributed by atoms with Gasteiger partial charge in [-0.3, -0.25) is 0 Å². The zero-order valence-corrected chi connectivity index (χ0v) is 15.6. The Hall–Kier alpha value is -2.50. The summed E-state index contributed by atoms with van der Waals surface area (Å²) in [6, 6.07) is 28.5. The van der Waals surface area contributed by atoms with Crippen LogP contribution in [-0.2, 0) is 5.41 Å². The van der Waals surface area contributed by atoms with Gasteiger partial charge >= 0.3 is 0 Å². The summed E-state index contributed by atoms with van der Waals surface area (Å²) in [6.45, 7) is -1.68. The van der Waals surface area contributed by atoms with Crippen molar-refractivity contribution in [1.82, 2.24) is 0 Å². The highest BCUT2D eigenvalue weighted by atomic mass is 16.3. The Kier molecular flexibility index (Phi) is 6.27. The van der Waals surface area contributed by atoms with Gasteiger partial charge in [-0.05, 0) is 16.7 Å². The molecule has 4 heteroatoms. The summed E-state index contributed by atoms with van der Waals surface area (Å²) in [6.07, 6.45) is -1.30. The van der Waals surface area contributed by atoms with Crippen LogP contribution in [0.25, 0.3) is 0 Å². The first kappa shape index (κ1) is 20.2. The van der Waals surface area contributed by atoms with E-state index in [0.29, 0.717) is 0 Å². The SMILES string of the molecule is OCC(CO)(CO)C(O)C(c1ccccc1)(c1ccccc1)c1ccccc1. The van der Waals surface area contributed by atoms with Crippen LogP contribution in [0.2, 0.25) is 0 Å². The van der Waals surface area contributed by atoms with E-state index in [-0.39, 0.29) is 0 Å². The van der Waals surface area contributed by atoms with Crippen LogP contribution in [0.1, 0.15) is 16.7 Å². The van der Waals surface area contributed by atoms with Crippen LogP contribution in [0.15, 0.2) is 91.0 Å². The van der Waals surface area contributed by atoms with Crippen molar-refractivity contribution in [3.8, 4) is 0 Å². The molecule has 0 spiro atoms. The van der Waals surface area contributed by atoms with E-state index in [2.05, 4.69) is 0 Å². The van der Waals surface area contributed by atoms with E-state index < -0.39 is 36.8 Å². The summed E-state index contributed by atoms with van der Waals surface area (Å²) in [5, 5.41) is 42.0. The molecule has 0 saturated carbocycles. The monoisotopic (exact) mass is 378 g/mol. The van der Waals surface area contributed by atoms with E-state index >= 15 is 0 Å². The molecule has 0 amide bonds. The summed E-state index contributed by atoms with van der Waals surface area (Å²) >= 11 is 0. The molecule has 0 bridgehead atoms. The first-order chi connectivity index (χ1) is 13.7. The third-order valence-corrected chi connectivity index (χ3v) is 5.62. The smallest absolute Gasteiger partial charge is 0.0840 e. The summed E-state index contributed by atoms with van der Waals surface area (Å²) in [5.74, 6) is 0. The Labute approximate surface area is 165 Å². The van der Waals surface area contributed by atoms with Crippen LogP contribution in [0, 0.1) is 5.41 Å². The van der Waals surface area contributed by atoms with Crippen molar-refractivity contribution < 1.29 is 20.4 Å². The van der Waals surface area contributed by atoms with Gasteiger partial charge in [0.15, 0.2) is 0 Å². The topological polar surface area (TPSA) is 80.9 Å². The van der Waals surface area contributed by atoms with Crippen molar-refractivity contribution in [1.29, 1.82) is 0 Å². The van der Waals surface area contributed by atoms with Crippen LogP contribution in [0.4, 0.5) is 0 Å². The molecule has 3 aromatic rings. The Morgan fingerprint density at radius 3 is 1.07 bits per heavy atom. The predicted molar refractivity (Wildman–Crippen MR) is 109 cm³/mol. The molecule has 0 heterocycles. The maximum Gasteiger partial charge on any atom is 0.0840 e. The van der Waals surface area contributed by atoms with Crippen LogP contribution in [-0.4, -0.2) is 46.4 Å². The Morgan fingerprint density at radius 1 is 0.536 bits per heavy atom. The second-order valence-corrected chi connectivity index (χ2v) is 7.15. The zero-order valence-electron chi connectivity index (χ0n) is 15.6. The normalized spacial score (nSPS) is 13.3. The lowest BCUT2D eigenvalue weighted by Crippen LogP contribution is -2.56. The average Bonchev–Trinajstić information content (AvgIpc) is 2.78. The largest absolute Gasteiger partial charge is 0.396 e. The van der Waals surface area contributed by atoms with E-state index in [1.807, 2.05) is 91.0 Å². The molecule has 3 aromatic carbocycles. The van der Waals surface area contributed by atoms with Gasteiger partial charge in [0.2, 0.25) is 0 Å². The van der Waals surface area contributed by atoms with Gasteiger partial charge in [-0.15, -0.1) is 0 Å². The summed E-state index contributed by atoms with van der Waals surface area (Å²) in [4.78, 5) is 0. The van der Waals surface area contributed by atoms with Crippen LogP contribution < -0.4 is 0 Å². The van der Waals surface area contributed by atoms with Gasteiger partial charge < -0.3 is 20.4 Å². The Bertz CT molecular complexity index is 741. The molecule has 0 radical (unpaired) electrons. The number of rotatable bonds is 8. The lowest BCUT2D eigenvalue weighted by atomic mass is 9.59. The molecule has 4 nitrogen and oxygen atoms in total. The second-order valence-electron chi connectivity index (χ2n) is 7.15. The first-order valence-electron chi connectivity index (χ1n) is 9.33. The molecule has 0 aliphatic rings. The Morgan fingerprint density at radius 2 is 0.821 bits per heavy atom. The summed E-state index contributed by atoms with van der Waals surface area (Å²) < 4.78 is 0. The molecule has 1 unspecified atom stereocenters. The summed E-state index contributed by atoms with van der Waals surface area (Å²) in [5.41, 5.74) is -0.182. The molecule has 3 rings (SSSR count). The highest BCUT2D eigenvalue weighted by Crippen LogP contribution is 2.47. The first-order valence-corrected chi connectivity index (χ1v) is 9.33. The molecule has 4 N–H and O–H groups in total. The quantitative estimate of drug-likeness (QED) is 0.454. The fraction of sp³-hybridized carbons (Fsp3) is 0.250. The predicted octanol–water partition coefficient (Wildman–Crippen LogP) is 2.35. The third kappa shape index (κ3) is 3.25. The van der Waals surface area contributed by atoms with Gasteiger partial charge in [0.25, 0.3) is 0 Å². The number of benzene rings is 3. The van der Waals surface area contributed by atoms with Crippen LogP contribution in [0.3, 0.4) is 0 Å². The number of aliphatic hydroxyl groups excluding tert-OH is 4. The molecule has 28 heavy (non-hydrogen) atoms. The van der Waals surface area contributed by atoms with Gasteiger partial charge in [-0.2, -0.15) is 0 Å². The lowest BCUT2D eigenvalue weighted by molar-refractivity contribution is -0.101. The number of hydrogen-bond donors (Lipinski definition) is 4. The minimum atomic E-state index is -1.50. The van der Waals surface area contributed by atoms with Gasteiger partial charge in [-0.1, -0.05) is 91.0 Å². The van der Waals surface area contributed by atoms with E-state index in [0.717, 1.165) is 16.7 Å². The van der Waals surface area contributed by atoms with Crippen molar-refractivity contribution in [2.75, 3.05) is 19.8 Å². The van der Waals surface area contributed by atoms with Crippen molar-refractivity contribution in [3.05, 3.63) is 108 Å². The average molecular weight is 378 g/mol. The van der Waals surface area contributed by atoms with Crippen molar-refractivity contribution in [2.24, 2.45) is 5.41 Å². The molecular weight excluding hydrogens is 352 g/mol. The van der Waals surface area contributed by atoms with E-state index in [4.69, 9.17) is 0 Å². The maximum atomic E-state index is 11.8. The van der Waals surface area contributed by atoms with Gasteiger partial charge in [0.05, 0.1) is 36.8 Å². The van der Waals surface area contributed by atoms with E-state index in [1.165, 1.54) is 0 Å². The molecule has 0 fully saturated rings. The minimum Gasteiger partial charge on any atom is -0.396 e. The minimum absolute atomic E-state index is 0.560. The van der Waals surface area contributed by atoms with Crippen molar-refractivity contribution in [3.63, 3.8) is 0 Å². The highest BCUT2D eigenvalue weighted by molar-refractivity contribution is 5.52. The van der Waals surface area contributed by atoms with Crippen LogP contribution >= 0.6 is 0 Å².